The Hall–Kier alpha value is -7.96. The summed E-state index contributed by atoms with van der Waals surface area (Å²) in [6.45, 7) is 2.19. The van der Waals surface area contributed by atoms with Crippen LogP contribution in [-0.4, -0.2) is 14.5 Å². The van der Waals surface area contributed by atoms with Gasteiger partial charge < -0.3 is 18.3 Å². The first-order chi connectivity index (χ1) is 29.1. The summed E-state index contributed by atoms with van der Waals surface area (Å²) in [5.74, 6) is 0. The normalized spacial score (nSPS) is 11.8. The van der Waals surface area contributed by atoms with Gasteiger partial charge in [0, 0.05) is 60.5 Å². The molecule has 0 radical (unpaired) electrons. The first-order valence-electron chi connectivity index (χ1n) is 19.8. The fourth-order valence-corrected chi connectivity index (χ4v) is 8.79. The van der Waals surface area contributed by atoms with Crippen LogP contribution in [0.4, 0.5) is 17.1 Å². The predicted molar refractivity (Wildman–Crippen MR) is 241 cm³/mol. The predicted octanol–water partition coefficient (Wildman–Crippen LogP) is 14.5. The van der Waals surface area contributed by atoms with Crippen molar-refractivity contribution in [1.29, 1.82) is 0 Å². The van der Waals surface area contributed by atoms with E-state index in [1.165, 1.54) is 21.8 Å². The van der Waals surface area contributed by atoms with Gasteiger partial charge in [-0.3, -0.25) is 9.97 Å². The molecule has 0 saturated heterocycles. The lowest BCUT2D eigenvalue weighted by atomic mass is 10.0. The molecule has 6 nitrogen and oxygen atoms in total. The molecule has 5 aromatic heterocycles. The monoisotopic (exact) mass is 758 g/mol. The Balaban J connectivity index is 1.05. The van der Waals surface area contributed by atoms with Gasteiger partial charge in [0.15, 0.2) is 11.2 Å². The number of fused-ring (bicyclic) bond motifs is 9. The number of para-hydroxylation sites is 4. The van der Waals surface area contributed by atoms with Crippen LogP contribution in [0.5, 0.6) is 0 Å². The number of furan rings is 2. The molecule has 0 amide bonds. The van der Waals surface area contributed by atoms with E-state index in [0.717, 1.165) is 94.7 Å². The zero-order valence-corrected chi connectivity index (χ0v) is 32.0. The number of benzene rings is 7. The molecule has 0 unspecified atom stereocenters. The van der Waals surface area contributed by atoms with E-state index in [9.17, 15) is 0 Å². The Bertz CT molecular complexity index is 3400. The second-order valence-corrected chi connectivity index (χ2v) is 15.1. The molecule has 0 aliphatic carbocycles. The van der Waals surface area contributed by atoms with Crippen molar-refractivity contribution in [3.63, 3.8) is 0 Å². The lowest BCUT2D eigenvalue weighted by Gasteiger charge is -2.28. The summed E-state index contributed by atoms with van der Waals surface area (Å²) in [6, 6.07) is 62.0. The van der Waals surface area contributed by atoms with Crippen LogP contribution in [0.2, 0.25) is 0 Å². The van der Waals surface area contributed by atoms with Gasteiger partial charge in [-0.15, -0.1) is 0 Å². The number of hydrogen-bond donors (Lipinski definition) is 0. The second-order valence-electron chi connectivity index (χ2n) is 15.1. The molecule has 12 rings (SSSR count). The van der Waals surface area contributed by atoms with Crippen molar-refractivity contribution < 1.29 is 8.83 Å². The number of anilines is 3. The SMILES string of the molecule is Cc1ccc(-n2c3ccccc3c3ccccc32)cc1N(c1cccc(-c2cc3c(cn2)oc2ccccc23)c1)c1cccc(-c2cc3c(cn2)oc2ccccc23)c1. The first-order valence-corrected chi connectivity index (χ1v) is 19.8. The van der Waals surface area contributed by atoms with Gasteiger partial charge in [0.25, 0.3) is 0 Å². The van der Waals surface area contributed by atoms with Crippen LogP contribution in [0.3, 0.4) is 0 Å². The van der Waals surface area contributed by atoms with Gasteiger partial charge in [0.1, 0.15) is 11.2 Å². The van der Waals surface area contributed by atoms with Crippen molar-refractivity contribution in [3.05, 3.63) is 194 Å². The zero-order chi connectivity index (χ0) is 39.0. The van der Waals surface area contributed by atoms with E-state index < -0.39 is 0 Å². The van der Waals surface area contributed by atoms with Crippen molar-refractivity contribution in [1.82, 2.24) is 14.5 Å². The van der Waals surface area contributed by atoms with Crippen LogP contribution in [0.15, 0.2) is 197 Å². The maximum Gasteiger partial charge on any atom is 0.153 e. The van der Waals surface area contributed by atoms with Gasteiger partial charge in [-0.25, -0.2) is 0 Å². The maximum absolute atomic E-state index is 6.13. The minimum Gasteiger partial charge on any atom is -0.454 e. The van der Waals surface area contributed by atoms with Gasteiger partial charge in [-0.2, -0.15) is 0 Å². The molecule has 0 bridgehead atoms. The second kappa shape index (κ2) is 13.0. The molecule has 0 atom stereocenters. The van der Waals surface area contributed by atoms with E-state index in [-0.39, 0.29) is 0 Å². The van der Waals surface area contributed by atoms with Crippen LogP contribution >= 0.6 is 0 Å². The molecular weight excluding hydrogens is 725 g/mol. The maximum atomic E-state index is 6.13. The molecule has 59 heavy (non-hydrogen) atoms. The number of pyridine rings is 2. The molecule has 5 heterocycles. The van der Waals surface area contributed by atoms with E-state index in [2.05, 4.69) is 156 Å². The third-order valence-corrected chi connectivity index (χ3v) is 11.6. The average molecular weight is 759 g/mol. The molecule has 0 fully saturated rings. The molecule has 6 heteroatoms. The Kier molecular flexibility index (Phi) is 7.34. The highest BCUT2D eigenvalue weighted by atomic mass is 16.3. The number of nitrogens with zero attached hydrogens (tertiary/aromatic N) is 4. The van der Waals surface area contributed by atoms with E-state index in [0.29, 0.717) is 0 Å². The number of rotatable bonds is 6. The van der Waals surface area contributed by atoms with Crippen LogP contribution in [0, 0.1) is 6.92 Å². The lowest BCUT2D eigenvalue weighted by Crippen LogP contribution is -2.12. The van der Waals surface area contributed by atoms with Gasteiger partial charge in [0.05, 0.1) is 40.5 Å². The lowest BCUT2D eigenvalue weighted by molar-refractivity contribution is 0.666. The fourth-order valence-electron chi connectivity index (χ4n) is 8.79. The molecule has 12 aromatic rings. The summed E-state index contributed by atoms with van der Waals surface area (Å²) in [5, 5.41) is 6.71. The summed E-state index contributed by atoms with van der Waals surface area (Å²) in [6.07, 6.45) is 3.68. The minimum absolute atomic E-state index is 0.775. The molecular formula is C53H34N4O2. The average Bonchev–Trinajstić information content (AvgIpc) is 3.96. The summed E-state index contributed by atoms with van der Waals surface area (Å²) < 4.78 is 14.6. The number of aromatic nitrogens is 3. The Labute approximate surface area is 338 Å². The zero-order valence-electron chi connectivity index (χ0n) is 32.0. The van der Waals surface area contributed by atoms with Crippen molar-refractivity contribution in [2.24, 2.45) is 0 Å². The molecule has 0 N–H and O–H groups in total. The quantitative estimate of drug-likeness (QED) is 0.169. The minimum atomic E-state index is 0.775. The molecule has 0 aliphatic heterocycles. The highest BCUT2D eigenvalue weighted by Gasteiger charge is 2.20. The van der Waals surface area contributed by atoms with Crippen molar-refractivity contribution in [2.45, 2.75) is 6.92 Å². The summed E-state index contributed by atoms with van der Waals surface area (Å²) in [7, 11) is 0. The van der Waals surface area contributed by atoms with Crippen LogP contribution in [0.25, 0.3) is 93.9 Å². The largest absolute Gasteiger partial charge is 0.454 e. The molecule has 0 aliphatic rings. The van der Waals surface area contributed by atoms with Crippen molar-refractivity contribution in [2.75, 3.05) is 4.90 Å². The third kappa shape index (κ3) is 5.34. The standard InChI is InChI=1S/C53H34N4O2/c1-33-24-25-38(57-47-20-6-2-16-39(47)40-17-3-7-21-48(40)57)28-49(33)56(36-14-10-12-34(26-36)45-29-43-41-18-4-8-22-50(41)58-52(43)31-54-45)37-15-11-13-35(27-37)46-30-44-42-19-5-9-23-51(42)59-53(44)32-55-46/h2-32H,1H3. The molecule has 0 saturated carbocycles. The summed E-state index contributed by atoms with van der Waals surface area (Å²) >= 11 is 0. The van der Waals surface area contributed by atoms with Gasteiger partial charge in [0.2, 0.25) is 0 Å². The first kappa shape index (κ1) is 33.2. The van der Waals surface area contributed by atoms with Gasteiger partial charge >= 0.3 is 0 Å². The summed E-state index contributed by atoms with van der Waals surface area (Å²) in [5.41, 5.74) is 14.6. The molecule has 278 valence electrons. The van der Waals surface area contributed by atoms with E-state index in [4.69, 9.17) is 18.8 Å². The van der Waals surface area contributed by atoms with E-state index >= 15 is 0 Å². The molecule has 0 spiro atoms. The Morgan fingerprint density at radius 2 is 0.915 bits per heavy atom. The molecule has 7 aromatic carbocycles. The van der Waals surface area contributed by atoms with Crippen molar-refractivity contribution in [3.8, 4) is 28.2 Å². The van der Waals surface area contributed by atoms with E-state index in [1.807, 2.05) is 48.8 Å². The highest BCUT2D eigenvalue weighted by Crippen LogP contribution is 2.42. The van der Waals surface area contributed by atoms with Crippen LogP contribution in [0.1, 0.15) is 5.56 Å². The Morgan fingerprint density at radius 1 is 0.424 bits per heavy atom. The van der Waals surface area contributed by atoms with Crippen LogP contribution < -0.4 is 4.90 Å². The summed E-state index contributed by atoms with van der Waals surface area (Å²) in [4.78, 5) is 12.2. The topological polar surface area (TPSA) is 60.2 Å². The fraction of sp³-hybridized carbons (Fsp3) is 0.0189. The smallest absolute Gasteiger partial charge is 0.153 e. The Morgan fingerprint density at radius 3 is 1.46 bits per heavy atom. The third-order valence-electron chi connectivity index (χ3n) is 11.6. The van der Waals surface area contributed by atoms with Crippen molar-refractivity contribution >= 4 is 82.7 Å². The van der Waals surface area contributed by atoms with Gasteiger partial charge in [-0.1, -0.05) is 103 Å². The van der Waals surface area contributed by atoms with E-state index in [1.54, 1.807) is 0 Å². The number of aryl methyl sites for hydroxylation is 1. The number of hydrogen-bond acceptors (Lipinski definition) is 5. The van der Waals surface area contributed by atoms with Gasteiger partial charge in [-0.05, 0) is 85.3 Å². The highest BCUT2D eigenvalue weighted by molar-refractivity contribution is 6.10. The van der Waals surface area contributed by atoms with Crippen LogP contribution in [-0.2, 0) is 0 Å².